The van der Waals surface area contributed by atoms with Gasteiger partial charge in [0.15, 0.2) is 5.13 Å². The number of carbonyl (C=O) groups is 2. The number of ether oxygens (including phenoxy) is 1. The van der Waals surface area contributed by atoms with Gasteiger partial charge in [0.25, 0.3) is 5.91 Å². The Bertz CT molecular complexity index is 548. The van der Waals surface area contributed by atoms with Crippen molar-refractivity contribution in [2.75, 3.05) is 12.4 Å². The molecule has 0 spiro atoms. The van der Waals surface area contributed by atoms with Crippen molar-refractivity contribution < 1.29 is 14.3 Å². The zero-order chi connectivity index (χ0) is 13.0. The average molecular weight is 282 g/mol. The SMILES string of the molecule is COC(=O)Cc1csc(NC(=O)c2ccsc2)n1. The molecule has 0 atom stereocenters. The van der Waals surface area contributed by atoms with E-state index < -0.39 is 0 Å². The topological polar surface area (TPSA) is 68.3 Å². The van der Waals surface area contributed by atoms with Crippen LogP contribution in [0.25, 0.3) is 0 Å². The fourth-order valence-corrected chi connectivity index (χ4v) is 2.57. The molecule has 2 aromatic heterocycles. The third-order valence-electron chi connectivity index (χ3n) is 2.11. The molecule has 0 bridgehead atoms. The van der Waals surface area contributed by atoms with E-state index in [1.54, 1.807) is 16.8 Å². The van der Waals surface area contributed by atoms with Gasteiger partial charge in [0.05, 0.1) is 24.8 Å². The number of methoxy groups -OCH3 is 1. The number of nitrogens with zero attached hydrogens (tertiary/aromatic N) is 1. The summed E-state index contributed by atoms with van der Waals surface area (Å²) in [6.07, 6.45) is 0.112. The average Bonchev–Trinajstić information content (AvgIpc) is 3.00. The van der Waals surface area contributed by atoms with E-state index in [0.29, 0.717) is 16.4 Å². The van der Waals surface area contributed by atoms with Crippen molar-refractivity contribution in [3.63, 3.8) is 0 Å². The number of nitrogens with one attached hydrogen (secondary N) is 1. The molecule has 7 heteroatoms. The maximum Gasteiger partial charge on any atom is 0.311 e. The lowest BCUT2D eigenvalue weighted by molar-refractivity contribution is -0.139. The third kappa shape index (κ3) is 3.14. The first-order valence-electron chi connectivity index (χ1n) is 5.04. The third-order valence-corrected chi connectivity index (χ3v) is 3.60. The van der Waals surface area contributed by atoms with E-state index in [1.807, 2.05) is 5.38 Å². The molecule has 0 fully saturated rings. The minimum atomic E-state index is -0.351. The van der Waals surface area contributed by atoms with Crippen molar-refractivity contribution in [3.8, 4) is 0 Å². The lowest BCUT2D eigenvalue weighted by Crippen LogP contribution is -2.11. The molecule has 1 N–H and O–H groups in total. The molecular weight excluding hydrogens is 272 g/mol. The van der Waals surface area contributed by atoms with Crippen LogP contribution in [-0.4, -0.2) is 24.0 Å². The highest BCUT2D eigenvalue weighted by Crippen LogP contribution is 2.17. The standard InChI is InChI=1S/C11H10N2O3S2/c1-16-9(14)4-8-6-18-11(12-8)13-10(15)7-2-3-17-5-7/h2-3,5-6H,4H2,1H3,(H,12,13,15). The second-order valence-electron chi connectivity index (χ2n) is 3.36. The molecular formula is C11H10N2O3S2. The summed E-state index contributed by atoms with van der Waals surface area (Å²) in [7, 11) is 1.33. The van der Waals surface area contributed by atoms with E-state index in [-0.39, 0.29) is 18.3 Å². The lowest BCUT2D eigenvalue weighted by atomic mass is 10.3. The van der Waals surface area contributed by atoms with Gasteiger partial charge in [-0.25, -0.2) is 4.98 Å². The predicted octanol–water partition coefficient (Wildman–Crippen LogP) is 2.17. The first-order valence-corrected chi connectivity index (χ1v) is 6.86. The molecule has 0 aliphatic carbocycles. The minimum absolute atomic E-state index is 0.112. The zero-order valence-corrected chi connectivity index (χ0v) is 11.1. The molecule has 0 aromatic carbocycles. The van der Waals surface area contributed by atoms with Gasteiger partial charge in [-0.15, -0.1) is 11.3 Å². The van der Waals surface area contributed by atoms with Crippen LogP contribution in [-0.2, 0) is 16.0 Å². The number of thiophene rings is 1. The molecule has 0 aliphatic rings. The maximum atomic E-state index is 11.7. The van der Waals surface area contributed by atoms with Gasteiger partial charge in [0.1, 0.15) is 0 Å². The summed E-state index contributed by atoms with van der Waals surface area (Å²) in [6, 6.07) is 1.74. The van der Waals surface area contributed by atoms with E-state index in [1.165, 1.54) is 29.8 Å². The largest absolute Gasteiger partial charge is 0.469 e. The molecule has 2 aromatic rings. The first kappa shape index (κ1) is 12.7. The molecule has 0 unspecified atom stereocenters. The van der Waals surface area contributed by atoms with Gasteiger partial charge >= 0.3 is 5.97 Å². The summed E-state index contributed by atoms with van der Waals surface area (Å²) < 4.78 is 4.54. The predicted molar refractivity (Wildman–Crippen MR) is 70.1 cm³/mol. The fourth-order valence-electron chi connectivity index (χ4n) is 1.23. The van der Waals surface area contributed by atoms with Gasteiger partial charge in [-0.3, -0.25) is 14.9 Å². The van der Waals surface area contributed by atoms with Crippen LogP contribution in [0.3, 0.4) is 0 Å². The highest BCUT2D eigenvalue weighted by Gasteiger charge is 2.11. The summed E-state index contributed by atoms with van der Waals surface area (Å²) in [5, 5.41) is 8.47. The van der Waals surface area contributed by atoms with E-state index in [0.717, 1.165) is 0 Å². The van der Waals surface area contributed by atoms with Crippen molar-refractivity contribution in [2.24, 2.45) is 0 Å². The fraction of sp³-hybridized carbons (Fsp3) is 0.182. The number of esters is 1. The number of hydrogen-bond acceptors (Lipinski definition) is 6. The second-order valence-corrected chi connectivity index (χ2v) is 5.00. The summed E-state index contributed by atoms with van der Waals surface area (Å²) in [5.74, 6) is -0.550. The highest BCUT2D eigenvalue weighted by molar-refractivity contribution is 7.14. The Morgan fingerprint density at radius 1 is 1.44 bits per heavy atom. The van der Waals surface area contributed by atoms with E-state index in [4.69, 9.17) is 0 Å². The summed E-state index contributed by atoms with van der Waals surface area (Å²) in [4.78, 5) is 26.9. The Balaban J connectivity index is 1.98. The van der Waals surface area contributed by atoms with Crippen molar-refractivity contribution in [1.29, 1.82) is 0 Å². The molecule has 0 radical (unpaired) electrons. The van der Waals surface area contributed by atoms with Crippen molar-refractivity contribution in [2.45, 2.75) is 6.42 Å². The van der Waals surface area contributed by atoms with Crippen LogP contribution in [0, 0.1) is 0 Å². The molecule has 1 amide bonds. The summed E-state index contributed by atoms with van der Waals surface area (Å²) >= 11 is 2.74. The second kappa shape index (κ2) is 5.74. The number of carbonyl (C=O) groups excluding carboxylic acids is 2. The minimum Gasteiger partial charge on any atom is -0.469 e. The maximum absolute atomic E-state index is 11.7. The van der Waals surface area contributed by atoms with Crippen LogP contribution in [0.15, 0.2) is 22.2 Å². The Kier molecular flexibility index (Phi) is 4.06. The van der Waals surface area contributed by atoms with E-state index in [9.17, 15) is 9.59 Å². The van der Waals surface area contributed by atoms with Crippen LogP contribution in [0.5, 0.6) is 0 Å². The lowest BCUT2D eigenvalue weighted by Gasteiger charge is -1.98. The molecule has 2 rings (SSSR count). The van der Waals surface area contributed by atoms with Gasteiger partial charge in [-0.2, -0.15) is 11.3 Å². The van der Waals surface area contributed by atoms with Crippen LogP contribution >= 0.6 is 22.7 Å². The molecule has 0 saturated carbocycles. The Morgan fingerprint density at radius 3 is 2.94 bits per heavy atom. The van der Waals surface area contributed by atoms with E-state index >= 15 is 0 Å². The van der Waals surface area contributed by atoms with Crippen molar-refractivity contribution in [1.82, 2.24) is 4.98 Å². The highest BCUT2D eigenvalue weighted by atomic mass is 32.1. The number of amides is 1. The van der Waals surface area contributed by atoms with Gasteiger partial charge in [-0.05, 0) is 11.4 Å². The number of aromatic nitrogens is 1. The van der Waals surface area contributed by atoms with Gasteiger partial charge in [0, 0.05) is 10.8 Å². The summed E-state index contributed by atoms with van der Waals surface area (Å²) in [5.41, 5.74) is 1.19. The van der Waals surface area contributed by atoms with Crippen LogP contribution in [0.1, 0.15) is 16.1 Å². The Labute approximate surface area is 111 Å². The number of hydrogen-bond donors (Lipinski definition) is 1. The quantitative estimate of drug-likeness (QED) is 0.873. The van der Waals surface area contributed by atoms with E-state index in [2.05, 4.69) is 15.0 Å². The van der Waals surface area contributed by atoms with Crippen LogP contribution < -0.4 is 5.32 Å². The monoisotopic (exact) mass is 282 g/mol. The van der Waals surface area contributed by atoms with Gasteiger partial charge < -0.3 is 4.74 Å². The molecule has 2 heterocycles. The van der Waals surface area contributed by atoms with Gasteiger partial charge in [-0.1, -0.05) is 0 Å². The van der Waals surface area contributed by atoms with Crippen LogP contribution in [0.2, 0.25) is 0 Å². The Morgan fingerprint density at radius 2 is 2.28 bits per heavy atom. The molecule has 5 nitrogen and oxygen atoms in total. The number of rotatable bonds is 4. The normalized spacial score (nSPS) is 10.1. The zero-order valence-electron chi connectivity index (χ0n) is 9.50. The van der Waals surface area contributed by atoms with Crippen LogP contribution in [0.4, 0.5) is 5.13 Å². The van der Waals surface area contributed by atoms with Crippen molar-refractivity contribution >= 4 is 39.7 Å². The number of thiazole rings is 1. The summed E-state index contributed by atoms with van der Waals surface area (Å²) in [6.45, 7) is 0. The first-order chi connectivity index (χ1) is 8.69. The molecule has 0 saturated heterocycles. The molecule has 94 valence electrons. The number of anilines is 1. The van der Waals surface area contributed by atoms with Gasteiger partial charge in [0.2, 0.25) is 0 Å². The molecule has 18 heavy (non-hydrogen) atoms. The molecule has 0 aliphatic heterocycles. The smallest absolute Gasteiger partial charge is 0.311 e. The van der Waals surface area contributed by atoms with Crippen molar-refractivity contribution in [3.05, 3.63) is 33.5 Å². The Hall–Kier alpha value is -1.73.